The van der Waals surface area contributed by atoms with E-state index in [2.05, 4.69) is 54.8 Å². The highest BCUT2D eigenvalue weighted by Crippen LogP contribution is 2.44. The van der Waals surface area contributed by atoms with Crippen LogP contribution >= 0.6 is 11.6 Å². The van der Waals surface area contributed by atoms with Crippen LogP contribution in [-0.2, 0) is 30.9 Å². The van der Waals surface area contributed by atoms with E-state index >= 15 is 0 Å². The van der Waals surface area contributed by atoms with E-state index < -0.39 is 41.2 Å². The minimum atomic E-state index is -4.67. The first-order valence-electron chi connectivity index (χ1n) is 22.6. The molecule has 2 N–H and O–H groups in total. The molecule has 1 atom stereocenters. The maximum atomic E-state index is 14.1. The van der Waals surface area contributed by atoms with Gasteiger partial charge in [-0.25, -0.2) is 26.7 Å². The van der Waals surface area contributed by atoms with E-state index in [1.807, 2.05) is 18.2 Å². The maximum absolute atomic E-state index is 14.1. The predicted molar refractivity (Wildman–Crippen MR) is 258 cm³/mol. The number of carbonyl (C=O) groups excluding carboxylic acids is 1. The minimum Gasteiger partial charge on any atom is -0.493 e. The van der Waals surface area contributed by atoms with Gasteiger partial charge in [0.1, 0.15) is 22.9 Å². The summed E-state index contributed by atoms with van der Waals surface area (Å²) in [7, 11) is -7.02. The molecule has 67 heavy (non-hydrogen) atoms. The van der Waals surface area contributed by atoms with Gasteiger partial charge in [-0.3, -0.25) is 19.8 Å². The number of anilines is 1. The summed E-state index contributed by atoms with van der Waals surface area (Å²) >= 11 is 6.25. The zero-order valence-corrected chi connectivity index (χ0v) is 39.9. The topological polar surface area (TPSA) is 199 Å². The molecule has 0 bridgehead atoms. The Kier molecular flexibility index (Phi) is 13.4. The highest BCUT2D eigenvalue weighted by Gasteiger charge is 2.33. The van der Waals surface area contributed by atoms with Gasteiger partial charge in [0.15, 0.2) is 0 Å². The second-order valence-corrected chi connectivity index (χ2v) is 23.2. The number of ether oxygens (including phenoxy) is 3. The first-order chi connectivity index (χ1) is 32.1. The number of H-pyrrole nitrogens is 1. The van der Waals surface area contributed by atoms with Crippen molar-refractivity contribution in [3.63, 3.8) is 0 Å². The number of hydrogen-bond acceptors (Lipinski definition) is 13. The van der Waals surface area contributed by atoms with E-state index in [1.54, 1.807) is 24.4 Å². The molecule has 16 nitrogen and oxygen atoms in total. The van der Waals surface area contributed by atoms with Crippen LogP contribution in [0.4, 0.5) is 11.4 Å². The highest BCUT2D eigenvalue weighted by atomic mass is 35.5. The lowest BCUT2D eigenvalue weighted by Gasteiger charge is -2.39. The minimum absolute atomic E-state index is 0.0492. The Bertz CT molecular complexity index is 2960. The Labute approximate surface area is 395 Å². The van der Waals surface area contributed by atoms with E-state index in [9.17, 15) is 27.5 Å². The van der Waals surface area contributed by atoms with Crippen LogP contribution < -0.4 is 19.1 Å². The Hall–Kier alpha value is -5.53. The number of nitrogens with zero attached hydrogens (tertiary/aromatic N) is 5. The lowest BCUT2D eigenvalue weighted by Crippen LogP contribution is -2.47. The highest BCUT2D eigenvalue weighted by molar-refractivity contribution is 7.93. The summed E-state index contributed by atoms with van der Waals surface area (Å²) in [6, 6.07) is 18.9. The number of fused-ring (bicyclic) bond motifs is 2. The summed E-state index contributed by atoms with van der Waals surface area (Å²) in [4.78, 5) is 37.5. The van der Waals surface area contributed by atoms with Crippen LogP contribution in [0.2, 0.25) is 5.02 Å². The summed E-state index contributed by atoms with van der Waals surface area (Å²) in [6.07, 6.45) is 7.16. The number of nitrogens with one attached hydrogen (secondary N) is 2. The lowest BCUT2D eigenvalue weighted by molar-refractivity contribution is -0.386. The van der Waals surface area contributed by atoms with Gasteiger partial charge < -0.3 is 24.1 Å². The van der Waals surface area contributed by atoms with E-state index in [4.69, 9.17) is 25.8 Å². The smallest absolute Gasteiger partial charge is 0.277 e. The average Bonchev–Trinajstić information content (AvgIpc) is 3.78. The third-order valence-electron chi connectivity index (χ3n) is 13.2. The van der Waals surface area contributed by atoms with Crippen molar-refractivity contribution in [2.45, 2.75) is 50.8 Å². The molecule has 9 rings (SSSR count). The number of nitro benzene ring substituents is 1. The number of sulfonamides is 1. The molecule has 354 valence electrons. The molecule has 19 heteroatoms. The van der Waals surface area contributed by atoms with Crippen molar-refractivity contribution in [3.05, 3.63) is 117 Å². The first-order valence-corrected chi connectivity index (χ1v) is 26.3. The molecule has 3 aliphatic heterocycles. The number of halogens is 1. The largest absolute Gasteiger partial charge is 0.493 e. The molecule has 2 fully saturated rings. The van der Waals surface area contributed by atoms with Gasteiger partial charge in [-0.2, -0.15) is 0 Å². The molecule has 2 saturated heterocycles. The van der Waals surface area contributed by atoms with Crippen LogP contribution in [0.5, 0.6) is 17.2 Å². The summed E-state index contributed by atoms with van der Waals surface area (Å²) in [6.45, 7) is 9.81. The van der Waals surface area contributed by atoms with Gasteiger partial charge in [0.05, 0.1) is 68.2 Å². The van der Waals surface area contributed by atoms with Gasteiger partial charge in [0, 0.05) is 79.8 Å². The number of pyridine rings is 1. The van der Waals surface area contributed by atoms with Gasteiger partial charge in [-0.15, -0.1) is 0 Å². The molecule has 0 spiro atoms. The van der Waals surface area contributed by atoms with Gasteiger partial charge in [0.25, 0.3) is 21.6 Å². The Morgan fingerprint density at radius 2 is 1.85 bits per heavy atom. The number of hydrogen-bond donors (Lipinski definition) is 2. The second-order valence-electron chi connectivity index (χ2n) is 18.5. The lowest BCUT2D eigenvalue weighted by atomic mass is 9.72. The maximum Gasteiger partial charge on any atom is 0.277 e. The summed E-state index contributed by atoms with van der Waals surface area (Å²) in [5.74, 6) is 0.0793. The Morgan fingerprint density at radius 3 is 2.61 bits per heavy atom. The quantitative estimate of drug-likeness (QED) is 0.0847. The van der Waals surface area contributed by atoms with Crippen LogP contribution in [0, 0.1) is 21.4 Å². The van der Waals surface area contributed by atoms with E-state index in [0.717, 1.165) is 61.1 Å². The van der Waals surface area contributed by atoms with Crippen LogP contribution in [0.25, 0.3) is 16.6 Å². The number of nitro groups is 1. The molecular formula is C48H54ClN7O9S2. The zero-order valence-electron chi connectivity index (χ0n) is 37.5. The van der Waals surface area contributed by atoms with Gasteiger partial charge in [-0.05, 0) is 91.0 Å². The number of benzene rings is 3. The van der Waals surface area contributed by atoms with Gasteiger partial charge in [-0.1, -0.05) is 43.2 Å². The molecule has 0 unspecified atom stereocenters. The monoisotopic (exact) mass is 971 g/mol. The molecular weight excluding hydrogens is 918 g/mol. The number of piperazine rings is 1. The number of aromatic amines is 1. The van der Waals surface area contributed by atoms with Gasteiger partial charge in [0.2, 0.25) is 0 Å². The first kappa shape index (κ1) is 46.6. The molecule has 1 amide bonds. The standard InChI is InChI=1S/C48H54ClN7O9S2/c1-48(2)12-9-35(42(28-48)33-3-5-36(49)6-4-33)30-54-15-17-55(18-16-54)37-7-8-40(45(25-37)65-38-24-34-11-13-50-46(34)51-29-38)47(57)53-67(61,62)39-26-43(56(58)59)41-23-32(31-64-44(41)27-39)10-14-52-66(60)21-19-63-20-22-66/h3-8,11,13,24-27,29,32H,9-10,12,14-23,28,30-31H2,1-2H3,(H,50,51)(H,53,57)/t32-/m1/s1. The molecule has 2 aromatic heterocycles. The molecule has 4 aliphatic rings. The van der Waals surface area contributed by atoms with Crippen molar-refractivity contribution < 1.29 is 36.6 Å². The average molecular weight is 973 g/mol. The molecule has 5 heterocycles. The van der Waals surface area contributed by atoms with Crippen LogP contribution in [0.3, 0.4) is 0 Å². The SMILES string of the molecule is CC1(C)CCC(CN2CCN(c3ccc(C(=O)NS(=O)(=O)c4cc5c(c([N+](=O)[O-])c4)C[C@@H](CCN=S4(=O)CCOCC4)CO5)c(Oc4cnc5[nH]ccc5c4)c3)CC2)=C(c2ccc(Cl)cc2)C1. The Morgan fingerprint density at radius 1 is 1.07 bits per heavy atom. The molecule has 3 aromatic carbocycles. The number of carbonyl (C=O) groups is 1. The van der Waals surface area contributed by atoms with Crippen molar-refractivity contribution in [2.75, 3.05) is 75.5 Å². The van der Waals surface area contributed by atoms with Crippen molar-refractivity contribution in [3.8, 4) is 17.2 Å². The third kappa shape index (κ3) is 10.8. The summed E-state index contributed by atoms with van der Waals surface area (Å²) in [5, 5.41) is 13.9. The fourth-order valence-electron chi connectivity index (χ4n) is 9.33. The number of aromatic nitrogens is 2. The number of rotatable bonds is 13. The second kappa shape index (κ2) is 19.2. The normalized spacial score (nSPS) is 19.6. The van der Waals surface area contributed by atoms with Crippen LogP contribution in [0.15, 0.2) is 94.0 Å². The summed E-state index contributed by atoms with van der Waals surface area (Å²) < 4.78 is 65.0. The van der Waals surface area contributed by atoms with Crippen molar-refractivity contribution in [2.24, 2.45) is 15.7 Å². The van der Waals surface area contributed by atoms with E-state index in [-0.39, 0.29) is 47.0 Å². The van der Waals surface area contributed by atoms with Crippen molar-refractivity contribution >= 4 is 65.2 Å². The summed E-state index contributed by atoms with van der Waals surface area (Å²) in [5.41, 5.74) is 5.47. The molecule has 1 aliphatic carbocycles. The Balaban J connectivity index is 0.924. The van der Waals surface area contributed by atoms with E-state index in [0.29, 0.717) is 62.2 Å². The third-order valence-corrected chi connectivity index (χ3v) is 17.0. The number of amides is 1. The fourth-order valence-corrected chi connectivity index (χ4v) is 12.1. The van der Waals surface area contributed by atoms with Crippen molar-refractivity contribution in [1.82, 2.24) is 19.6 Å². The molecule has 0 radical (unpaired) electrons. The van der Waals surface area contributed by atoms with Crippen LogP contribution in [0.1, 0.15) is 61.0 Å². The fraction of sp³-hybridized carbons (Fsp3) is 0.417. The van der Waals surface area contributed by atoms with Crippen LogP contribution in [-0.4, -0.2) is 109 Å². The number of allylic oxidation sites excluding steroid dienone is 1. The zero-order chi connectivity index (χ0) is 46.9. The van der Waals surface area contributed by atoms with Gasteiger partial charge >= 0.3 is 0 Å². The molecule has 0 saturated carbocycles. The van der Waals surface area contributed by atoms with E-state index in [1.165, 1.54) is 35.0 Å². The predicted octanol–water partition coefficient (Wildman–Crippen LogP) is 8.26. The molecule has 5 aromatic rings. The van der Waals surface area contributed by atoms with Crippen molar-refractivity contribution in [1.29, 1.82) is 0 Å².